The van der Waals surface area contributed by atoms with E-state index in [0.29, 0.717) is 15.7 Å². The number of aryl methyl sites for hydroxylation is 1. The van der Waals surface area contributed by atoms with Crippen molar-refractivity contribution in [2.75, 3.05) is 18.2 Å². The zero-order valence-corrected chi connectivity index (χ0v) is 27.7. The van der Waals surface area contributed by atoms with Gasteiger partial charge in [0.2, 0.25) is 11.8 Å². The molecule has 2 aromatic heterocycles. The number of rotatable bonds is 7. The van der Waals surface area contributed by atoms with Crippen LogP contribution >= 0.6 is 45.8 Å². The number of methoxy groups -OCH3 is 1. The molecule has 0 saturated carbocycles. The van der Waals surface area contributed by atoms with Gasteiger partial charge < -0.3 is 15.6 Å². The lowest BCUT2D eigenvalue weighted by Gasteiger charge is -2.12. The number of nitrogens with two attached hydrogens (primary N) is 1. The summed E-state index contributed by atoms with van der Waals surface area (Å²) in [6.45, 7) is 1.52. The second-order valence-corrected chi connectivity index (χ2v) is 12.3. The maximum absolute atomic E-state index is 12.6. The first-order valence-corrected chi connectivity index (χ1v) is 15.2. The summed E-state index contributed by atoms with van der Waals surface area (Å²) in [6, 6.07) is 3.73. The number of alkyl halides is 3. The summed E-state index contributed by atoms with van der Waals surface area (Å²) in [5.41, 5.74) is 3.31. The topological polar surface area (TPSA) is 247 Å². The predicted octanol–water partition coefficient (Wildman–Crippen LogP) is 4.69. The van der Waals surface area contributed by atoms with Crippen molar-refractivity contribution in [1.82, 2.24) is 29.5 Å². The van der Waals surface area contributed by atoms with E-state index in [2.05, 4.69) is 25.4 Å². The highest BCUT2D eigenvalue weighted by molar-refractivity contribution is 14.1. The minimum atomic E-state index is -4.63. The van der Waals surface area contributed by atoms with Gasteiger partial charge in [-0.2, -0.15) is 33.2 Å². The number of nitrogens with one attached hydrogen (secondary N) is 2. The number of carbonyl (C=O) groups is 2. The average Bonchev–Trinajstić information content (AvgIpc) is 3.32. The molecule has 24 heteroatoms. The third-order valence-electron chi connectivity index (χ3n) is 5.36. The Labute approximate surface area is 284 Å². The number of hydrogen-bond donors (Lipinski definition) is 4. The van der Waals surface area contributed by atoms with Gasteiger partial charge in [-0.25, -0.2) is 27.4 Å². The van der Waals surface area contributed by atoms with Crippen molar-refractivity contribution in [2.45, 2.75) is 18.0 Å². The van der Waals surface area contributed by atoms with Crippen molar-refractivity contribution in [3.8, 4) is 11.7 Å². The molecule has 0 spiro atoms. The molecule has 5 N–H and O–H groups in total. The Morgan fingerprint density at radius 3 is 2.28 bits per heavy atom. The molecule has 0 saturated heterocycles. The average molecular weight is 834 g/mol. The van der Waals surface area contributed by atoms with Crippen molar-refractivity contribution in [2.24, 2.45) is 0 Å². The lowest BCUT2D eigenvalue weighted by molar-refractivity contribution is -0.383. The van der Waals surface area contributed by atoms with Crippen LogP contribution in [0.1, 0.15) is 21.7 Å². The largest absolute Gasteiger partial charge is 0.478 e. The van der Waals surface area contributed by atoms with E-state index in [9.17, 15) is 41.3 Å². The van der Waals surface area contributed by atoms with E-state index < -0.39 is 60.7 Å². The number of nitro groups is 1. The van der Waals surface area contributed by atoms with Gasteiger partial charge in [-0.3, -0.25) is 15.4 Å². The van der Waals surface area contributed by atoms with Crippen LogP contribution in [0.5, 0.6) is 6.01 Å². The van der Waals surface area contributed by atoms with Gasteiger partial charge in [0.25, 0.3) is 10.0 Å². The summed E-state index contributed by atoms with van der Waals surface area (Å²) in [5.74, 6) is -1.84. The van der Waals surface area contributed by atoms with Gasteiger partial charge >= 0.3 is 29.9 Å². The number of hydrogen-bond acceptors (Lipinski definition) is 12. The van der Waals surface area contributed by atoms with Crippen LogP contribution in [0.15, 0.2) is 41.4 Å². The van der Waals surface area contributed by atoms with Crippen LogP contribution in [0.25, 0.3) is 5.69 Å². The molecule has 47 heavy (non-hydrogen) atoms. The number of nitrogens with zero attached hydrogens (tertiary/aromatic N) is 6. The maximum Gasteiger partial charge on any atom is 0.416 e. The van der Waals surface area contributed by atoms with Crippen molar-refractivity contribution >= 4 is 85.3 Å². The van der Waals surface area contributed by atoms with Gasteiger partial charge in [-0.1, -0.05) is 23.2 Å². The number of carbonyl (C=O) groups excluding carboxylic acids is 1. The highest BCUT2D eigenvalue weighted by atomic mass is 127. The van der Waals surface area contributed by atoms with Crippen LogP contribution in [0, 0.1) is 20.6 Å². The highest BCUT2D eigenvalue weighted by Crippen LogP contribution is 2.39. The van der Waals surface area contributed by atoms with Crippen LogP contribution in [0.2, 0.25) is 10.0 Å². The van der Waals surface area contributed by atoms with Crippen molar-refractivity contribution in [3.63, 3.8) is 0 Å². The number of carboxylic acids is 1. The Morgan fingerprint density at radius 2 is 1.77 bits per heavy atom. The number of carboxylic acid groups (broad SMARTS) is 1. The van der Waals surface area contributed by atoms with E-state index in [1.807, 2.05) is 22.6 Å². The highest BCUT2D eigenvalue weighted by Gasteiger charge is 2.33. The number of halogens is 6. The van der Waals surface area contributed by atoms with Gasteiger partial charge in [-0.05, 0) is 59.8 Å². The molecule has 4 aromatic rings. The number of aromatic nitrogens is 5. The van der Waals surface area contributed by atoms with E-state index in [4.69, 9.17) is 38.8 Å². The first-order valence-electron chi connectivity index (χ1n) is 11.9. The first-order chi connectivity index (χ1) is 21.7. The molecule has 0 unspecified atom stereocenters. The van der Waals surface area contributed by atoms with E-state index in [0.717, 1.165) is 23.0 Å². The first kappa shape index (κ1) is 36.9. The fraction of sp³-hybridized carbons (Fsp3) is 0.130. The lowest BCUT2D eigenvalue weighted by atomic mass is 10.2. The second kappa shape index (κ2) is 14.5. The second-order valence-electron chi connectivity index (χ2n) is 8.57. The van der Waals surface area contributed by atoms with Crippen LogP contribution < -0.4 is 20.5 Å². The fourth-order valence-corrected chi connectivity index (χ4v) is 5.89. The third-order valence-corrected chi connectivity index (χ3v) is 7.98. The molecule has 250 valence electrons. The summed E-state index contributed by atoms with van der Waals surface area (Å²) >= 11 is 13.4. The standard InChI is InChI=1S/C13H12IN5O6S.C10H5Cl2F3N4O2/c1-6-15-11(18-13(16-6)25-2)17-12(22)19-26(23,24)9-5-7(14)3-4-8(9)10(20)21;11-5-1-4(10(13,14)15)2-6(12)8(5)18-9(16)7(3-17-18)19(20)21/h3-5H,1-2H3,(H,20,21)(H2,15,16,17,18,19,22);1-3H,16H2. The minimum absolute atomic E-state index is 0.0681. The van der Waals surface area contributed by atoms with E-state index in [1.165, 1.54) is 20.1 Å². The van der Waals surface area contributed by atoms with Gasteiger partial charge in [0.05, 0.1) is 33.2 Å². The van der Waals surface area contributed by atoms with E-state index >= 15 is 0 Å². The summed E-state index contributed by atoms with van der Waals surface area (Å²) in [5, 5.41) is 24.8. The van der Waals surface area contributed by atoms with Crippen LogP contribution in [0.4, 0.5) is 35.4 Å². The molecule has 0 atom stereocenters. The van der Waals surface area contributed by atoms with Gasteiger partial charge in [-0.15, -0.1) is 0 Å². The third kappa shape index (κ3) is 9.05. The number of sulfonamides is 1. The van der Waals surface area contributed by atoms with Crippen molar-refractivity contribution in [3.05, 3.63) is 77.2 Å². The minimum Gasteiger partial charge on any atom is -0.478 e. The smallest absolute Gasteiger partial charge is 0.416 e. The summed E-state index contributed by atoms with van der Waals surface area (Å²) in [4.78, 5) is 44.0. The maximum atomic E-state index is 12.6. The van der Waals surface area contributed by atoms with Gasteiger partial charge in [0.15, 0.2) is 0 Å². The summed E-state index contributed by atoms with van der Waals surface area (Å²) in [6.07, 6.45) is -3.78. The van der Waals surface area contributed by atoms with E-state index in [1.54, 1.807) is 4.72 Å². The number of ether oxygens (including phenoxy) is 1. The van der Waals surface area contributed by atoms with Crippen molar-refractivity contribution in [1.29, 1.82) is 0 Å². The van der Waals surface area contributed by atoms with Crippen molar-refractivity contribution < 1.29 is 45.9 Å². The van der Waals surface area contributed by atoms with Gasteiger partial charge in [0.1, 0.15) is 22.6 Å². The van der Waals surface area contributed by atoms with Gasteiger partial charge in [0, 0.05) is 3.57 Å². The van der Waals surface area contributed by atoms with Crippen LogP contribution in [-0.4, -0.2) is 62.3 Å². The molecule has 0 radical (unpaired) electrons. The Kier molecular flexibility index (Phi) is 11.4. The molecule has 2 amide bonds. The SMILES string of the molecule is COc1nc(C)nc(NC(=O)NS(=O)(=O)c2cc(I)ccc2C(=O)O)n1.Nc1c([N+](=O)[O-])cnn1-c1c(Cl)cc(C(F)(F)F)cc1Cl. The fourth-order valence-electron chi connectivity index (χ4n) is 3.40. The molecule has 17 nitrogen and oxygen atoms in total. The quantitative estimate of drug-likeness (QED) is 0.112. The molecular formula is C23H17Cl2F3IN9O8S. The zero-order chi connectivity index (χ0) is 35.4. The van der Waals surface area contributed by atoms with Crippen LogP contribution in [-0.2, 0) is 16.2 Å². The van der Waals surface area contributed by atoms with E-state index in [-0.39, 0.29) is 33.5 Å². The summed E-state index contributed by atoms with van der Waals surface area (Å²) in [7, 11) is -3.14. The Hall–Kier alpha value is -4.55. The number of anilines is 2. The molecule has 2 aromatic carbocycles. The molecule has 2 heterocycles. The molecule has 0 fully saturated rings. The predicted molar refractivity (Wildman–Crippen MR) is 166 cm³/mol. The molecule has 0 bridgehead atoms. The number of benzene rings is 2. The normalized spacial score (nSPS) is 11.2. The Morgan fingerprint density at radius 1 is 1.15 bits per heavy atom. The van der Waals surface area contributed by atoms with Crippen LogP contribution in [0.3, 0.4) is 0 Å². The number of amides is 2. The molecule has 0 aliphatic heterocycles. The Balaban J connectivity index is 0.000000261. The Bertz CT molecular complexity index is 1980. The molecule has 4 rings (SSSR count). The number of urea groups is 1. The number of aromatic carboxylic acids is 1. The number of nitrogen functional groups attached to an aromatic ring is 1. The zero-order valence-electron chi connectivity index (χ0n) is 23.2. The molecule has 0 aliphatic rings. The summed E-state index contributed by atoms with van der Waals surface area (Å²) < 4.78 is 70.4. The monoisotopic (exact) mass is 833 g/mol. The molecule has 0 aliphatic carbocycles. The lowest BCUT2D eigenvalue weighted by Crippen LogP contribution is -2.35. The molecular weight excluding hydrogens is 817 g/mol.